The SMILES string of the molecule is C[C@@H](NC(=O)c1ccc(N2CCCC2=O)cc1)c1nnc2ccccn12. The number of fused-ring (bicyclic) bond motifs is 1. The van der Waals surface area contributed by atoms with Crippen molar-refractivity contribution in [2.24, 2.45) is 0 Å². The zero-order chi connectivity index (χ0) is 18.1. The van der Waals surface area contributed by atoms with Crippen LogP contribution in [0.25, 0.3) is 5.65 Å². The molecule has 1 atom stereocenters. The van der Waals surface area contributed by atoms with Crippen LogP contribution in [0.3, 0.4) is 0 Å². The second kappa shape index (κ2) is 6.59. The smallest absolute Gasteiger partial charge is 0.251 e. The number of carbonyl (C=O) groups is 2. The Kier molecular flexibility index (Phi) is 4.12. The first-order chi connectivity index (χ1) is 12.6. The molecule has 1 aromatic carbocycles. The van der Waals surface area contributed by atoms with Crippen LogP contribution < -0.4 is 10.2 Å². The van der Waals surface area contributed by atoms with Gasteiger partial charge in [0, 0.05) is 30.4 Å². The number of hydrogen-bond acceptors (Lipinski definition) is 4. The standard InChI is InChI=1S/C19H19N5O2/c1-13(18-22-21-16-5-2-3-11-24(16)18)20-19(26)14-7-9-15(10-8-14)23-12-4-6-17(23)25/h2-3,5,7-11,13H,4,6,12H2,1H3,(H,20,26)/t13-/m1/s1. The van der Waals surface area contributed by atoms with E-state index >= 15 is 0 Å². The van der Waals surface area contributed by atoms with Gasteiger partial charge in [0.1, 0.15) is 0 Å². The van der Waals surface area contributed by atoms with E-state index < -0.39 is 0 Å². The maximum absolute atomic E-state index is 12.5. The van der Waals surface area contributed by atoms with Gasteiger partial charge in [-0.1, -0.05) is 6.07 Å². The van der Waals surface area contributed by atoms with Crippen LogP contribution in [0.2, 0.25) is 0 Å². The summed E-state index contributed by atoms with van der Waals surface area (Å²) in [4.78, 5) is 26.1. The maximum atomic E-state index is 12.5. The number of carbonyl (C=O) groups excluding carboxylic acids is 2. The highest BCUT2D eigenvalue weighted by Crippen LogP contribution is 2.22. The normalized spacial score (nSPS) is 15.4. The molecule has 0 aliphatic carbocycles. The predicted octanol–water partition coefficient (Wildman–Crippen LogP) is 2.35. The molecule has 2 amide bonds. The molecule has 26 heavy (non-hydrogen) atoms. The third-order valence-corrected chi connectivity index (χ3v) is 4.59. The van der Waals surface area contributed by atoms with Gasteiger partial charge in [0.15, 0.2) is 11.5 Å². The van der Waals surface area contributed by atoms with E-state index in [2.05, 4.69) is 15.5 Å². The number of benzene rings is 1. The van der Waals surface area contributed by atoms with Gasteiger partial charge in [-0.05, 0) is 49.7 Å². The number of nitrogens with one attached hydrogen (secondary N) is 1. The number of anilines is 1. The highest BCUT2D eigenvalue weighted by atomic mass is 16.2. The van der Waals surface area contributed by atoms with Gasteiger partial charge in [0.2, 0.25) is 5.91 Å². The lowest BCUT2D eigenvalue weighted by Crippen LogP contribution is -2.28. The number of aromatic nitrogens is 3. The summed E-state index contributed by atoms with van der Waals surface area (Å²) in [5.74, 6) is 0.618. The summed E-state index contributed by atoms with van der Waals surface area (Å²) in [5.41, 5.74) is 2.12. The van der Waals surface area contributed by atoms with Crippen molar-refractivity contribution in [1.82, 2.24) is 19.9 Å². The van der Waals surface area contributed by atoms with Crippen LogP contribution >= 0.6 is 0 Å². The molecular formula is C19H19N5O2. The molecule has 0 bridgehead atoms. The van der Waals surface area contributed by atoms with Crippen LogP contribution in [0.5, 0.6) is 0 Å². The Balaban J connectivity index is 1.48. The lowest BCUT2D eigenvalue weighted by Gasteiger charge is -2.16. The van der Waals surface area contributed by atoms with E-state index in [4.69, 9.17) is 0 Å². The maximum Gasteiger partial charge on any atom is 0.251 e. The fourth-order valence-corrected chi connectivity index (χ4v) is 3.21. The highest BCUT2D eigenvalue weighted by molar-refractivity contribution is 5.97. The molecule has 1 saturated heterocycles. The van der Waals surface area contributed by atoms with Gasteiger partial charge in [0.25, 0.3) is 5.91 Å². The third kappa shape index (κ3) is 2.92. The third-order valence-electron chi connectivity index (χ3n) is 4.59. The fraction of sp³-hybridized carbons (Fsp3) is 0.263. The summed E-state index contributed by atoms with van der Waals surface area (Å²) in [6, 6.07) is 12.5. The van der Waals surface area contributed by atoms with Crippen molar-refractivity contribution in [3.05, 3.63) is 60.0 Å². The first-order valence-corrected chi connectivity index (χ1v) is 8.64. The Morgan fingerprint density at radius 1 is 1.15 bits per heavy atom. The molecule has 0 spiro atoms. The van der Waals surface area contributed by atoms with Crippen LogP contribution in [0.15, 0.2) is 48.7 Å². The van der Waals surface area contributed by atoms with E-state index in [0.717, 1.165) is 24.3 Å². The molecule has 0 radical (unpaired) electrons. The fourth-order valence-electron chi connectivity index (χ4n) is 3.21. The first kappa shape index (κ1) is 16.3. The average Bonchev–Trinajstić information content (AvgIpc) is 3.28. The molecule has 0 saturated carbocycles. The zero-order valence-electron chi connectivity index (χ0n) is 14.4. The molecule has 7 heteroatoms. The predicted molar refractivity (Wildman–Crippen MR) is 96.9 cm³/mol. The minimum absolute atomic E-state index is 0.134. The summed E-state index contributed by atoms with van der Waals surface area (Å²) in [6.45, 7) is 2.61. The number of rotatable bonds is 4. The monoisotopic (exact) mass is 349 g/mol. The van der Waals surface area contributed by atoms with E-state index in [9.17, 15) is 9.59 Å². The summed E-state index contributed by atoms with van der Waals surface area (Å²) in [6.07, 6.45) is 3.34. The molecule has 3 aromatic rings. The molecule has 7 nitrogen and oxygen atoms in total. The Hall–Kier alpha value is -3.22. The minimum atomic E-state index is -0.292. The van der Waals surface area contributed by atoms with Gasteiger partial charge in [-0.3, -0.25) is 14.0 Å². The first-order valence-electron chi connectivity index (χ1n) is 8.64. The Bertz CT molecular complexity index is 963. The Labute approximate surface area is 150 Å². The summed E-state index contributed by atoms with van der Waals surface area (Å²) in [7, 11) is 0. The Morgan fingerprint density at radius 3 is 2.69 bits per heavy atom. The van der Waals surface area contributed by atoms with Crippen molar-refractivity contribution < 1.29 is 9.59 Å². The van der Waals surface area contributed by atoms with Crippen molar-refractivity contribution in [3.63, 3.8) is 0 Å². The molecule has 1 aliphatic rings. The second-order valence-corrected chi connectivity index (χ2v) is 6.38. The Morgan fingerprint density at radius 2 is 1.96 bits per heavy atom. The number of amides is 2. The van der Waals surface area contributed by atoms with E-state index in [-0.39, 0.29) is 17.9 Å². The van der Waals surface area contributed by atoms with Crippen molar-refractivity contribution in [3.8, 4) is 0 Å². The van der Waals surface area contributed by atoms with Gasteiger partial charge in [-0.15, -0.1) is 10.2 Å². The van der Waals surface area contributed by atoms with E-state index in [1.165, 1.54) is 0 Å². The van der Waals surface area contributed by atoms with Crippen molar-refractivity contribution in [1.29, 1.82) is 0 Å². The summed E-state index contributed by atoms with van der Waals surface area (Å²) < 4.78 is 1.85. The lowest BCUT2D eigenvalue weighted by molar-refractivity contribution is -0.117. The lowest BCUT2D eigenvalue weighted by atomic mass is 10.1. The van der Waals surface area contributed by atoms with Crippen LogP contribution in [-0.4, -0.2) is 33.0 Å². The van der Waals surface area contributed by atoms with Gasteiger partial charge in [-0.25, -0.2) is 0 Å². The van der Waals surface area contributed by atoms with Crippen molar-refractivity contribution in [2.45, 2.75) is 25.8 Å². The summed E-state index contributed by atoms with van der Waals surface area (Å²) in [5, 5.41) is 11.2. The highest BCUT2D eigenvalue weighted by Gasteiger charge is 2.22. The van der Waals surface area contributed by atoms with Crippen LogP contribution in [0.4, 0.5) is 5.69 Å². The molecule has 3 heterocycles. The molecule has 0 unspecified atom stereocenters. The van der Waals surface area contributed by atoms with E-state index in [0.29, 0.717) is 17.8 Å². The second-order valence-electron chi connectivity index (χ2n) is 6.38. The van der Waals surface area contributed by atoms with E-state index in [1.54, 1.807) is 17.0 Å². The topological polar surface area (TPSA) is 79.6 Å². The average molecular weight is 349 g/mol. The molecule has 1 N–H and O–H groups in total. The quantitative estimate of drug-likeness (QED) is 0.784. The molecule has 132 valence electrons. The van der Waals surface area contributed by atoms with E-state index in [1.807, 2.05) is 47.9 Å². The number of pyridine rings is 1. The van der Waals surface area contributed by atoms with Gasteiger partial charge >= 0.3 is 0 Å². The zero-order valence-corrected chi connectivity index (χ0v) is 14.4. The molecule has 1 fully saturated rings. The molecule has 2 aromatic heterocycles. The minimum Gasteiger partial charge on any atom is -0.342 e. The largest absolute Gasteiger partial charge is 0.342 e. The number of nitrogens with zero attached hydrogens (tertiary/aromatic N) is 4. The van der Waals surface area contributed by atoms with Crippen LogP contribution in [-0.2, 0) is 4.79 Å². The summed E-state index contributed by atoms with van der Waals surface area (Å²) >= 11 is 0. The van der Waals surface area contributed by atoms with Gasteiger partial charge in [-0.2, -0.15) is 0 Å². The van der Waals surface area contributed by atoms with Gasteiger partial charge in [0.05, 0.1) is 6.04 Å². The van der Waals surface area contributed by atoms with Crippen molar-refractivity contribution >= 4 is 23.1 Å². The molecule has 1 aliphatic heterocycles. The van der Waals surface area contributed by atoms with Crippen LogP contribution in [0.1, 0.15) is 42.0 Å². The van der Waals surface area contributed by atoms with Crippen LogP contribution in [0, 0.1) is 0 Å². The molecule has 4 rings (SSSR count). The number of hydrogen-bond donors (Lipinski definition) is 1. The van der Waals surface area contributed by atoms with Gasteiger partial charge < -0.3 is 10.2 Å². The van der Waals surface area contributed by atoms with Crippen molar-refractivity contribution in [2.75, 3.05) is 11.4 Å². The molecular weight excluding hydrogens is 330 g/mol.